The smallest absolute Gasteiger partial charge is 0.310 e. The molecule has 6 nitrogen and oxygen atoms in total. The summed E-state index contributed by atoms with van der Waals surface area (Å²) in [4.78, 5) is 14.1. The summed E-state index contributed by atoms with van der Waals surface area (Å²) in [5, 5.41) is 14.2. The molecule has 2 rings (SSSR count). The van der Waals surface area contributed by atoms with Gasteiger partial charge in [0.15, 0.2) is 0 Å². The summed E-state index contributed by atoms with van der Waals surface area (Å²) in [5.74, 6) is 0. The van der Waals surface area contributed by atoms with Gasteiger partial charge in [-0.2, -0.15) is 0 Å². The fourth-order valence-electron chi connectivity index (χ4n) is 1.75. The highest BCUT2D eigenvalue weighted by Crippen LogP contribution is 2.27. The van der Waals surface area contributed by atoms with Crippen molar-refractivity contribution in [1.82, 2.24) is 4.98 Å². The van der Waals surface area contributed by atoms with Crippen molar-refractivity contribution in [3.05, 3.63) is 27.5 Å². The lowest BCUT2D eigenvalue weighted by Crippen LogP contribution is -2.28. The van der Waals surface area contributed by atoms with Gasteiger partial charge in [-0.1, -0.05) is 11.6 Å². The molecule has 1 saturated heterocycles. The third-order valence-electron chi connectivity index (χ3n) is 2.63. The van der Waals surface area contributed by atoms with Gasteiger partial charge in [-0.25, -0.2) is 4.98 Å². The third-order valence-corrected chi connectivity index (χ3v) is 2.83. The molecule has 0 amide bonds. The molecule has 17 heavy (non-hydrogen) atoms. The van der Waals surface area contributed by atoms with Crippen LogP contribution in [0.15, 0.2) is 12.3 Å². The zero-order valence-electron chi connectivity index (χ0n) is 9.06. The fourth-order valence-corrected chi connectivity index (χ4v) is 1.90. The topological polar surface area (TPSA) is 77.3 Å². The standard InChI is InChI=1S/C10H12ClN3O3/c11-10-5-8(9(6-12-10)14(15)16)13-7-1-3-17-4-2-7/h5-7H,1-4H2,(H,12,13). The van der Waals surface area contributed by atoms with Gasteiger partial charge in [-0.3, -0.25) is 10.1 Å². The van der Waals surface area contributed by atoms with E-state index in [1.54, 1.807) is 0 Å². The third kappa shape index (κ3) is 3.04. The molecule has 0 atom stereocenters. The summed E-state index contributed by atoms with van der Waals surface area (Å²) in [7, 11) is 0. The average Bonchev–Trinajstić information content (AvgIpc) is 2.30. The Kier molecular flexibility index (Phi) is 3.75. The second kappa shape index (κ2) is 5.29. The highest BCUT2D eigenvalue weighted by atomic mass is 35.5. The van der Waals surface area contributed by atoms with Crippen LogP contribution >= 0.6 is 11.6 Å². The van der Waals surface area contributed by atoms with Gasteiger partial charge in [0.25, 0.3) is 0 Å². The maximum atomic E-state index is 10.8. The van der Waals surface area contributed by atoms with Crippen LogP contribution in [0.2, 0.25) is 5.15 Å². The van der Waals surface area contributed by atoms with E-state index < -0.39 is 4.92 Å². The number of aromatic nitrogens is 1. The zero-order chi connectivity index (χ0) is 12.3. The van der Waals surface area contributed by atoms with E-state index >= 15 is 0 Å². The van der Waals surface area contributed by atoms with Crippen LogP contribution in [0.3, 0.4) is 0 Å². The first kappa shape index (κ1) is 12.1. The highest BCUT2D eigenvalue weighted by Gasteiger charge is 2.20. The number of ether oxygens (including phenoxy) is 1. The minimum Gasteiger partial charge on any atom is -0.381 e. The molecule has 0 aliphatic carbocycles. The number of nitro groups is 1. The monoisotopic (exact) mass is 257 g/mol. The van der Waals surface area contributed by atoms with Crippen molar-refractivity contribution in [2.24, 2.45) is 0 Å². The Morgan fingerprint density at radius 1 is 1.53 bits per heavy atom. The van der Waals surface area contributed by atoms with Gasteiger partial charge >= 0.3 is 5.69 Å². The Hall–Kier alpha value is -1.40. The molecule has 0 aromatic carbocycles. The molecule has 1 N–H and O–H groups in total. The maximum Gasteiger partial charge on any atom is 0.310 e. The largest absolute Gasteiger partial charge is 0.381 e. The summed E-state index contributed by atoms with van der Waals surface area (Å²) in [5.41, 5.74) is 0.364. The molecule has 1 fully saturated rings. The Balaban J connectivity index is 2.17. The second-order valence-electron chi connectivity index (χ2n) is 3.81. The van der Waals surface area contributed by atoms with E-state index in [-0.39, 0.29) is 16.9 Å². The lowest BCUT2D eigenvalue weighted by molar-refractivity contribution is -0.384. The SMILES string of the molecule is O=[N+]([O-])c1cnc(Cl)cc1NC1CCOCC1. The molecule has 1 aromatic rings. The van der Waals surface area contributed by atoms with Crippen LogP contribution in [-0.2, 0) is 4.74 Å². The number of rotatable bonds is 3. The average molecular weight is 258 g/mol. The van der Waals surface area contributed by atoms with E-state index in [1.807, 2.05) is 0 Å². The van der Waals surface area contributed by atoms with Crippen LogP contribution in [0.25, 0.3) is 0 Å². The molecule has 0 unspecified atom stereocenters. The molecule has 1 aliphatic heterocycles. The lowest BCUT2D eigenvalue weighted by atomic mass is 10.1. The molecule has 0 radical (unpaired) electrons. The van der Waals surface area contributed by atoms with E-state index in [2.05, 4.69) is 10.3 Å². The molecule has 0 saturated carbocycles. The molecule has 1 aromatic heterocycles. The number of anilines is 1. The Bertz CT molecular complexity index is 421. The van der Waals surface area contributed by atoms with Gasteiger partial charge in [0.1, 0.15) is 17.0 Å². The molecule has 2 heterocycles. The summed E-state index contributed by atoms with van der Waals surface area (Å²) in [6.45, 7) is 1.34. The van der Waals surface area contributed by atoms with Crippen molar-refractivity contribution in [2.45, 2.75) is 18.9 Å². The van der Waals surface area contributed by atoms with Gasteiger partial charge in [-0.05, 0) is 12.8 Å². The van der Waals surface area contributed by atoms with Crippen molar-refractivity contribution in [3.8, 4) is 0 Å². The van der Waals surface area contributed by atoms with E-state index in [1.165, 1.54) is 12.3 Å². The molecule has 7 heteroatoms. The van der Waals surface area contributed by atoms with Crippen LogP contribution < -0.4 is 5.32 Å². The first-order valence-corrected chi connectivity index (χ1v) is 5.69. The maximum absolute atomic E-state index is 10.8. The van der Waals surface area contributed by atoms with Crippen molar-refractivity contribution in [2.75, 3.05) is 18.5 Å². The van der Waals surface area contributed by atoms with E-state index in [4.69, 9.17) is 16.3 Å². The quantitative estimate of drug-likeness (QED) is 0.510. The number of nitrogens with one attached hydrogen (secondary N) is 1. The Labute approximate surface area is 103 Å². The molecular formula is C10H12ClN3O3. The van der Waals surface area contributed by atoms with Crippen LogP contribution in [0.1, 0.15) is 12.8 Å². The van der Waals surface area contributed by atoms with Gasteiger partial charge in [0.05, 0.1) is 4.92 Å². The molecule has 0 spiro atoms. The number of halogens is 1. The molecular weight excluding hydrogens is 246 g/mol. The van der Waals surface area contributed by atoms with Gasteiger partial charge in [-0.15, -0.1) is 0 Å². The lowest BCUT2D eigenvalue weighted by Gasteiger charge is -2.23. The number of hydrogen-bond acceptors (Lipinski definition) is 5. The van der Waals surface area contributed by atoms with Crippen LogP contribution in [-0.4, -0.2) is 29.2 Å². The summed E-state index contributed by atoms with van der Waals surface area (Å²) in [6.07, 6.45) is 2.83. The minimum absolute atomic E-state index is 0.0547. The van der Waals surface area contributed by atoms with E-state index in [0.29, 0.717) is 18.9 Å². The van der Waals surface area contributed by atoms with E-state index in [0.717, 1.165) is 12.8 Å². The first-order valence-electron chi connectivity index (χ1n) is 5.31. The van der Waals surface area contributed by atoms with Crippen molar-refractivity contribution < 1.29 is 9.66 Å². The zero-order valence-corrected chi connectivity index (χ0v) is 9.81. The van der Waals surface area contributed by atoms with Crippen molar-refractivity contribution >= 4 is 23.0 Å². The van der Waals surface area contributed by atoms with Gasteiger partial charge in [0, 0.05) is 25.3 Å². The van der Waals surface area contributed by atoms with Crippen LogP contribution in [0.4, 0.5) is 11.4 Å². The summed E-state index contributed by atoms with van der Waals surface area (Å²) in [6, 6.07) is 1.66. The number of nitrogens with zero attached hydrogens (tertiary/aromatic N) is 2. The Morgan fingerprint density at radius 2 is 2.24 bits per heavy atom. The summed E-state index contributed by atoms with van der Waals surface area (Å²) < 4.78 is 5.23. The molecule has 1 aliphatic rings. The number of pyridine rings is 1. The van der Waals surface area contributed by atoms with E-state index in [9.17, 15) is 10.1 Å². The van der Waals surface area contributed by atoms with Gasteiger partial charge in [0.2, 0.25) is 0 Å². The first-order chi connectivity index (χ1) is 8.16. The highest BCUT2D eigenvalue weighted by molar-refractivity contribution is 6.29. The molecule has 92 valence electrons. The summed E-state index contributed by atoms with van der Waals surface area (Å²) >= 11 is 5.74. The van der Waals surface area contributed by atoms with Gasteiger partial charge < -0.3 is 10.1 Å². The predicted molar refractivity (Wildman–Crippen MR) is 63.4 cm³/mol. The second-order valence-corrected chi connectivity index (χ2v) is 4.20. The Morgan fingerprint density at radius 3 is 2.88 bits per heavy atom. The van der Waals surface area contributed by atoms with Crippen molar-refractivity contribution in [1.29, 1.82) is 0 Å². The van der Waals surface area contributed by atoms with Crippen LogP contribution in [0.5, 0.6) is 0 Å². The fraction of sp³-hybridized carbons (Fsp3) is 0.500. The normalized spacial score (nSPS) is 16.8. The predicted octanol–water partition coefficient (Wildman–Crippen LogP) is 2.23. The minimum atomic E-state index is -0.467. The molecule has 0 bridgehead atoms. The van der Waals surface area contributed by atoms with Crippen molar-refractivity contribution in [3.63, 3.8) is 0 Å². The number of hydrogen-bond donors (Lipinski definition) is 1. The van der Waals surface area contributed by atoms with Crippen LogP contribution in [0, 0.1) is 10.1 Å².